The number of ether oxygens (including phenoxy) is 1. The largest absolute Gasteiger partial charge is 0.483 e. The smallest absolute Gasteiger partial charge is 0.262 e. The van der Waals surface area contributed by atoms with Crippen LogP contribution in [-0.4, -0.2) is 18.8 Å². The van der Waals surface area contributed by atoms with Crippen molar-refractivity contribution in [3.8, 4) is 5.75 Å². The number of halogens is 1. The summed E-state index contributed by atoms with van der Waals surface area (Å²) in [6, 6.07) is 10.9. The van der Waals surface area contributed by atoms with Gasteiger partial charge in [-0.25, -0.2) is 4.39 Å². The van der Waals surface area contributed by atoms with Gasteiger partial charge in [-0.1, -0.05) is 12.1 Å². The molecular weight excluding hydrogens is 273 g/mol. The van der Waals surface area contributed by atoms with Crippen LogP contribution in [0.3, 0.4) is 0 Å². The molecule has 0 radical (unpaired) electrons. The highest BCUT2D eigenvalue weighted by Crippen LogP contribution is 2.18. The summed E-state index contributed by atoms with van der Waals surface area (Å²) in [5.41, 5.74) is 1.76. The molecule has 21 heavy (non-hydrogen) atoms. The molecule has 0 aliphatic carbocycles. The number of carbonyl (C=O) groups excluding carboxylic acids is 2. The van der Waals surface area contributed by atoms with Crippen LogP contribution in [0.5, 0.6) is 5.75 Å². The summed E-state index contributed by atoms with van der Waals surface area (Å²) in [7, 11) is 0. The number of rotatable bonds is 5. The van der Waals surface area contributed by atoms with Gasteiger partial charge in [0.25, 0.3) is 5.91 Å². The van der Waals surface area contributed by atoms with Crippen LogP contribution in [0, 0.1) is 12.7 Å². The number of nitrogens with one attached hydrogen (secondary N) is 1. The van der Waals surface area contributed by atoms with E-state index in [2.05, 4.69) is 5.32 Å². The van der Waals surface area contributed by atoms with E-state index in [0.717, 1.165) is 11.6 Å². The van der Waals surface area contributed by atoms with E-state index in [1.54, 1.807) is 6.07 Å². The summed E-state index contributed by atoms with van der Waals surface area (Å²) >= 11 is 0. The van der Waals surface area contributed by atoms with Crippen molar-refractivity contribution in [2.45, 2.75) is 6.92 Å². The maximum atomic E-state index is 13.0. The van der Waals surface area contributed by atoms with Crippen LogP contribution in [0.2, 0.25) is 0 Å². The molecule has 0 fully saturated rings. The number of hydrogen-bond donors (Lipinski definition) is 1. The Labute approximate surface area is 121 Å². The Hall–Kier alpha value is -2.69. The molecule has 108 valence electrons. The van der Waals surface area contributed by atoms with Crippen molar-refractivity contribution in [1.82, 2.24) is 0 Å². The highest BCUT2D eigenvalue weighted by atomic mass is 19.1. The Kier molecular flexibility index (Phi) is 4.66. The van der Waals surface area contributed by atoms with Gasteiger partial charge in [0.15, 0.2) is 12.9 Å². The Morgan fingerprint density at radius 2 is 2.10 bits per heavy atom. The minimum Gasteiger partial charge on any atom is -0.483 e. The molecule has 4 nitrogen and oxygen atoms in total. The first kappa shape index (κ1) is 14.7. The van der Waals surface area contributed by atoms with Crippen LogP contribution < -0.4 is 10.1 Å². The molecule has 0 saturated heterocycles. The second-order valence-electron chi connectivity index (χ2n) is 4.51. The number of amides is 1. The lowest BCUT2D eigenvalue weighted by atomic mass is 10.2. The fraction of sp³-hybridized carbons (Fsp3) is 0.125. The highest BCUT2D eigenvalue weighted by Gasteiger charge is 2.08. The minimum atomic E-state index is -0.534. The first-order valence-corrected chi connectivity index (χ1v) is 6.32. The van der Waals surface area contributed by atoms with Crippen LogP contribution >= 0.6 is 0 Å². The quantitative estimate of drug-likeness (QED) is 0.860. The Bertz CT molecular complexity index is 670. The molecule has 2 aromatic carbocycles. The molecule has 2 aromatic rings. The Morgan fingerprint density at radius 3 is 2.81 bits per heavy atom. The Balaban J connectivity index is 1.97. The van der Waals surface area contributed by atoms with Gasteiger partial charge in [0, 0.05) is 5.69 Å². The van der Waals surface area contributed by atoms with Crippen molar-refractivity contribution in [3.63, 3.8) is 0 Å². The van der Waals surface area contributed by atoms with Gasteiger partial charge in [-0.05, 0) is 42.8 Å². The number of anilines is 1. The lowest BCUT2D eigenvalue weighted by molar-refractivity contribution is -0.118. The number of benzene rings is 2. The van der Waals surface area contributed by atoms with Gasteiger partial charge in [0.2, 0.25) is 0 Å². The molecule has 0 atom stereocenters. The van der Waals surface area contributed by atoms with Gasteiger partial charge in [0.1, 0.15) is 11.6 Å². The molecule has 5 heteroatoms. The van der Waals surface area contributed by atoms with Gasteiger partial charge in [0.05, 0.1) is 5.56 Å². The Morgan fingerprint density at radius 1 is 1.29 bits per heavy atom. The summed E-state index contributed by atoms with van der Waals surface area (Å²) in [5, 5.41) is 2.68. The van der Waals surface area contributed by atoms with Crippen LogP contribution in [-0.2, 0) is 4.79 Å². The fourth-order valence-corrected chi connectivity index (χ4v) is 1.81. The van der Waals surface area contributed by atoms with Gasteiger partial charge in [-0.2, -0.15) is 0 Å². The predicted octanol–water partition coefficient (Wildman–Crippen LogP) is 2.96. The molecule has 2 rings (SSSR count). The maximum Gasteiger partial charge on any atom is 0.262 e. The zero-order chi connectivity index (χ0) is 15.2. The molecular formula is C16H14FNO3. The van der Waals surface area contributed by atoms with E-state index in [9.17, 15) is 14.0 Å². The molecule has 0 saturated carbocycles. The zero-order valence-corrected chi connectivity index (χ0v) is 11.4. The third-order valence-electron chi connectivity index (χ3n) is 2.76. The summed E-state index contributed by atoms with van der Waals surface area (Å²) in [4.78, 5) is 22.6. The van der Waals surface area contributed by atoms with E-state index < -0.39 is 5.82 Å². The average Bonchev–Trinajstić information content (AvgIpc) is 2.45. The molecule has 0 heterocycles. The molecule has 0 aliphatic heterocycles. The summed E-state index contributed by atoms with van der Waals surface area (Å²) in [5.74, 6) is -0.721. The summed E-state index contributed by atoms with van der Waals surface area (Å²) < 4.78 is 18.2. The third kappa shape index (κ3) is 4.14. The molecule has 1 N–H and O–H groups in total. The topological polar surface area (TPSA) is 55.4 Å². The molecule has 1 amide bonds. The first-order chi connectivity index (χ1) is 10.1. The van der Waals surface area contributed by atoms with Gasteiger partial charge >= 0.3 is 0 Å². The van der Waals surface area contributed by atoms with E-state index in [1.165, 1.54) is 12.1 Å². The van der Waals surface area contributed by atoms with Crippen LogP contribution in [0.4, 0.5) is 10.1 Å². The van der Waals surface area contributed by atoms with Gasteiger partial charge in [-0.3, -0.25) is 9.59 Å². The average molecular weight is 287 g/mol. The zero-order valence-electron chi connectivity index (χ0n) is 11.4. The van der Waals surface area contributed by atoms with E-state index >= 15 is 0 Å². The van der Waals surface area contributed by atoms with Crippen LogP contribution in [0.1, 0.15) is 15.9 Å². The molecule has 0 aliphatic rings. The van der Waals surface area contributed by atoms with Crippen molar-refractivity contribution < 1.29 is 18.7 Å². The van der Waals surface area contributed by atoms with E-state index in [1.807, 2.05) is 25.1 Å². The lowest BCUT2D eigenvalue weighted by Gasteiger charge is -2.09. The monoisotopic (exact) mass is 287 g/mol. The SMILES string of the molecule is Cc1cccc(NC(=O)COc2ccc(F)cc2C=O)c1. The second-order valence-corrected chi connectivity index (χ2v) is 4.51. The number of hydrogen-bond acceptors (Lipinski definition) is 3. The lowest BCUT2D eigenvalue weighted by Crippen LogP contribution is -2.20. The van der Waals surface area contributed by atoms with Crippen LogP contribution in [0.25, 0.3) is 0 Å². The van der Waals surface area contributed by atoms with Gasteiger partial charge in [-0.15, -0.1) is 0 Å². The van der Waals surface area contributed by atoms with Crippen LogP contribution in [0.15, 0.2) is 42.5 Å². The van der Waals surface area contributed by atoms with E-state index in [0.29, 0.717) is 12.0 Å². The van der Waals surface area contributed by atoms with E-state index in [4.69, 9.17) is 4.74 Å². The molecule has 0 spiro atoms. The maximum absolute atomic E-state index is 13.0. The second kappa shape index (κ2) is 6.65. The first-order valence-electron chi connectivity index (χ1n) is 6.32. The van der Waals surface area contributed by atoms with Crippen molar-refractivity contribution in [1.29, 1.82) is 0 Å². The number of aldehydes is 1. The van der Waals surface area contributed by atoms with E-state index in [-0.39, 0.29) is 23.8 Å². The summed E-state index contributed by atoms with van der Waals surface area (Å²) in [6.45, 7) is 1.65. The molecule has 0 aromatic heterocycles. The van der Waals surface area contributed by atoms with Crippen molar-refractivity contribution >= 4 is 17.9 Å². The standard InChI is InChI=1S/C16H14FNO3/c1-11-3-2-4-14(7-11)18-16(20)10-21-15-6-5-13(17)8-12(15)9-19/h2-9H,10H2,1H3,(H,18,20). The van der Waals surface area contributed by atoms with Crippen molar-refractivity contribution in [2.24, 2.45) is 0 Å². The number of aryl methyl sites for hydroxylation is 1. The fourth-order valence-electron chi connectivity index (χ4n) is 1.81. The summed E-state index contributed by atoms with van der Waals surface area (Å²) in [6.07, 6.45) is 0.483. The minimum absolute atomic E-state index is 0.0679. The predicted molar refractivity (Wildman–Crippen MR) is 77.1 cm³/mol. The number of carbonyl (C=O) groups is 2. The van der Waals surface area contributed by atoms with Crippen molar-refractivity contribution in [2.75, 3.05) is 11.9 Å². The van der Waals surface area contributed by atoms with Gasteiger partial charge < -0.3 is 10.1 Å². The molecule has 0 bridgehead atoms. The third-order valence-corrected chi connectivity index (χ3v) is 2.76. The van der Waals surface area contributed by atoms with Crippen molar-refractivity contribution in [3.05, 3.63) is 59.4 Å². The molecule has 0 unspecified atom stereocenters. The highest BCUT2D eigenvalue weighted by molar-refractivity contribution is 5.92. The normalized spacial score (nSPS) is 10.0.